The molecule has 112 valence electrons. The van der Waals surface area contributed by atoms with Crippen molar-refractivity contribution in [2.24, 2.45) is 5.92 Å². The van der Waals surface area contributed by atoms with Crippen molar-refractivity contribution >= 4 is 29.0 Å². The maximum absolute atomic E-state index is 6.27. The fourth-order valence-corrected chi connectivity index (χ4v) is 2.58. The lowest BCUT2D eigenvalue weighted by molar-refractivity contribution is 0.635. The van der Waals surface area contributed by atoms with Crippen LogP contribution >= 0.6 is 23.2 Å². The van der Waals surface area contributed by atoms with Crippen LogP contribution in [0.1, 0.15) is 26.5 Å². The van der Waals surface area contributed by atoms with Gasteiger partial charge in [0.05, 0.1) is 5.02 Å². The molecule has 0 saturated heterocycles. The van der Waals surface area contributed by atoms with Crippen LogP contribution in [0.5, 0.6) is 0 Å². The number of benzene rings is 1. The van der Waals surface area contributed by atoms with Crippen molar-refractivity contribution in [2.75, 3.05) is 11.9 Å². The Kier molecular flexibility index (Phi) is 5.43. The summed E-state index contributed by atoms with van der Waals surface area (Å²) in [5, 5.41) is 4.41. The van der Waals surface area contributed by atoms with Crippen LogP contribution in [0.4, 0.5) is 5.82 Å². The minimum Gasteiger partial charge on any atom is -0.370 e. The molecule has 1 heterocycles. The molecule has 0 fully saturated rings. The molecule has 2 rings (SSSR count). The third-order valence-corrected chi connectivity index (χ3v) is 3.47. The maximum Gasteiger partial charge on any atom is 0.163 e. The summed E-state index contributed by atoms with van der Waals surface area (Å²) in [5.41, 5.74) is 1.81. The zero-order valence-electron chi connectivity index (χ0n) is 12.5. The normalized spacial score (nSPS) is 11.0. The molecular weight excluding hydrogens is 305 g/mol. The molecule has 0 aliphatic heterocycles. The number of anilines is 1. The molecule has 0 saturated carbocycles. The third kappa shape index (κ3) is 4.32. The van der Waals surface area contributed by atoms with Gasteiger partial charge in [-0.05, 0) is 37.5 Å². The minimum atomic E-state index is 0.530. The van der Waals surface area contributed by atoms with Gasteiger partial charge in [0.1, 0.15) is 5.82 Å². The van der Waals surface area contributed by atoms with Crippen molar-refractivity contribution in [3.63, 3.8) is 0 Å². The molecule has 2 aromatic rings. The number of nitrogens with zero attached hydrogens (tertiary/aromatic N) is 2. The minimum absolute atomic E-state index is 0.530. The van der Waals surface area contributed by atoms with Crippen LogP contribution in [0.25, 0.3) is 11.4 Å². The van der Waals surface area contributed by atoms with Gasteiger partial charge >= 0.3 is 0 Å². The summed E-state index contributed by atoms with van der Waals surface area (Å²) < 4.78 is 0. The topological polar surface area (TPSA) is 37.8 Å². The van der Waals surface area contributed by atoms with E-state index in [0.29, 0.717) is 21.8 Å². The Balaban J connectivity index is 2.48. The molecule has 0 atom stereocenters. The van der Waals surface area contributed by atoms with Gasteiger partial charge in [-0.3, -0.25) is 0 Å². The van der Waals surface area contributed by atoms with Crippen LogP contribution in [0.15, 0.2) is 24.3 Å². The number of halogens is 2. The van der Waals surface area contributed by atoms with E-state index in [9.17, 15) is 0 Å². The van der Waals surface area contributed by atoms with Crippen LogP contribution in [-0.2, 0) is 6.42 Å². The lowest BCUT2D eigenvalue weighted by Crippen LogP contribution is -2.06. The number of hydrogen-bond donors (Lipinski definition) is 1. The maximum atomic E-state index is 6.27. The SMILES string of the molecule is CCNc1cc(CC(C)C)nc(-c2ccc(Cl)cc2Cl)n1. The molecule has 3 nitrogen and oxygen atoms in total. The standard InChI is InChI=1S/C16H19Cl2N3/c1-4-19-15-9-12(7-10(2)3)20-16(21-15)13-6-5-11(17)8-14(13)18/h5-6,8-10H,4,7H2,1-3H3,(H,19,20,21). The van der Waals surface area contributed by atoms with Crippen molar-refractivity contribution in [3.8, 4) is 11.4 Å². The largest absolute Gasteiger partial charge is 0.370 e. The van der Waals surface area contributed by atoms with E-state index in [1.165, 1.54) is 0 Å². The van der Waals surface area contributed by atoms with Gasteiger partial charge < -0.3 is 5.32 Å². The van der Waals surface area contributed by atoms with Gasteiger partial charge in [0.15, 0.2) is 5.82 Å². The van der Waals surface area contributed by atoms with Crippen LogP contribution in [0.3, 0.4) is 0 Å². The van der Waals surface area contributed by atoms with Crippen molar-refractivity contribution in [2.45, 2.75) is 27.2 Å². The summed E-state index contributed by atoms with van der Waals surface area (Å²) in [6.45, 7) is 7.19. The van der Waals surface area contributed by atoms with E-state index in [2.05, 4.69) is 29.1 Å². The lowest BCUT2D eigenvalue weighted by atomic mass is 10.1. The van der Waals surface area contributed by atoms with E-state index in [4.69, 9.17) is 23.2 Å². The van der Waals surface area contributed by atoms with Crippen LogP contribution in [0, 0.1) is 5.92 Å². The highest BCUT2D eigenvalue weighted by Gasteiger charge is 2.11. The first kappa shape index (κ1) is 16.1. The first-order valence-electron chi connectivity index (χ1n) is 7.06. The Hall–Kier alpha value is -1.32. The molecule has 0 bridgehead atoms. The monoisotopic (exact) mass is 323 g/mol. The summed E-state index contributed by atoms with van der Waals surface area (Å²) in [6, 6.07) is 7.36. The Bertz CT molecular complexity index is 627. The van der Waals surface area contributed by atoms with Gasteiger partial charge in [-0.15, -0.1) is 0 Å². The highest BCUT2D eigenvalue weighted by Crippen LogP contribution is 2.29. The van der Waals surface area contributed by atoms with Crippen LogP contribution in [-0.4, -0.2) is 16.5 Å². The highest BCUT2D eigenvalue weighted by molar-refractivity contribution is 6.36. The fraction of sp³-hybridized carbons (Fsp3) is 0.375. The average Bonchev–Trinajstić information content (AvgIpc) is 2.37. The molecule has 1 aromatic heterocycles. The Morgan fingerprint density at radius 2 is 1.90 bits per heavy atom. The van der Waals surface area contributed by atoms with Gasteiger partial charge in [0, 0.05) is 28.9 Å². The summed E-state index contributed by atoms with van der Waals surface area (Å²) in [6.07, 6.45) is 0.902. The molecule has 0 amide bonds. The molecule has 1 aromatic carbocycles. The molecule has 0 aliphatic rings. The van der Waals surface area contributed by atoms with E-state index in [0.717, 1.165) is 30.0 Å². The van der Waals surface area contributed by atoms with Gasteiger partial charge in [0.25, 0.3) is 0 Å². The molecular formula is C16H19Cl2N3. The van der Waals surface area contributed by atoms with Crippen LogP contribution < -0.4 is 5.32 Å². The number of hydrogen-bond acceptors (Lipinski definition) is 3. The summed E-state index contributed by atoms with van der Waals surface area (Å²) >= 11 is 12.2. The summed E-state index contributed by atoms with van der Waals surface area (Å²) in [5.74, 6) is 1.98. The van der Waals surface area contributed by atoms with Crippen LogP contribution in [0.2, 0.25) is 10.0 Å². The van der Waals surface area contributed by atoms with E-state index < -0.39 is 0 Å². The zero-order valence-corrected chi connectivity index (χ0v) is 14.0. The molecule has 0 spiro atoms. The second-order valence-electron chi connectivity index (χ2n) is 5.32. The summed E-state index contributed by atoms with van der Waals surface area (Å²) in [4.78, 5) is 9.18. The van der Waals surface area contributed by atoms with Crippen molar-refractivity contribution in [3.05, 3.63) is 40.0 Å². The Morgan fingerprint density at radius 3 is 2.52 bits per heavy atom. The van der Waals surface area contributed by atoms with Gasteiger partial charge in [0.2, 0.25) is 0 Å². The molecule has 0 aliphatic carbocycles. The van der Waals surface area contributed by atoms with E-state index in [1.807, 2.05) is 19.1 Å². The second-order valence-corrected chi connectivity index (χ2v) is 6.16. The van der Waals surface area contributed by atoms with Crippen molar-refractivity contribution in [1.82, 2.24) is 9.97 Å². The average molecular weight is 324 g/mol. The first-order chi connectivity index (χ1) is 9.99. The molecule has 0 unspecified atom stereocenters. The second kappa shape index (κ2) is 7.10. The Morgan fingerprint density at radius 1 is 1.14 bits per heavy atom. The smallest absolute Gasteiger partial charge is 0.163 e. The molecule has 21 heavy (non-hydrogen) atoms. The van der Waals surface area contributed by atoms with Gasteiger partial charge in [-0.2, -0.15) is 0 Å². The first-order valence-corrected chi connectivity index (χ1v) is 7.82. The van der Waals surface area contributed by atoms with Crippen molar-refractivity contribution in [1.29, 1.82) is 0 Å². The number of aromatic nitrogens is 2. The number of rotatable bonds is 5. The number of nitrogens with one attached hydrogen (secondary N) is 1. The van der Waals surface area contributed by atoms with Gasteiger partial charge in [-0.25, -0.2) is 9.97 Å². The highest BCUT2D eigenvalue weighted by atomic mass is 35.5. The lowest BCUT2D eigenvalue weighted by Gasteiger charge is -2.11. The zero-order chi connectivity index (χ0) is 15.4. The molecule has 0 radical (unpaired) electrons. The van der Waals surface area contributed by atoms with E-state index in [-0.39, 0.29) is 0 Å². The quantitative estimate of drug-likeness (QED) is 0.833. The molecule has 5 heteroatoms. The predicted octanol–water partition coefficient (Wildman–Crippen LogP) is 5.08. The molecule has 1 N–H and O–H groups in total. The summed E-state index contributed by atoms with van der Waals surface area (Å²) in [7, 11) is 0. The Labute approximate surface area is 135 Å². The van der Waals surface area contributed by atoms with Crippen molar-refractivity contribution < 1.29 is 0 Å². The third-order valence-electron chi connectivity index (χ3n) is 2.93. The van der Waals surface area contributed by atoms with Gasteiger partial charge in [-0.1, -0.05) is 37.0 Å². The van der Waals surface area contributed by atoms with E-state index in [1.54, 1.807) is 12.1 Å². The van der Waals surface area contributed by atoms with E-state index >= 15 is 0 Å². The fourth-order valence-electron chi connectivity index (χ4n) is 2.08. The predicted molar refractivity (Wildman–Crippen MR) is 90.2 cm³/mol.